The summed E-state index contributed by atoms with van der Waals surface area (Å²) in [5, 5.41) is 2.92. The first-order chi connectivity index (χ1) is 6.40. The highest BCUT2D eigenvalue weighted by atomic mass is 16.2. The van der Waals surface area contributed by atoms with Crippen molar-refractivity contribution in [1.29, 1.82) is 0 Å². The number of rotatable bonds is 4. The van der Waals surface area contributed by atoms with Crippen LogP contribution in [0.2, 0.25) is 0 Å². The van der Waals surface area contributed by atoms with Gasteiger partial charge in [0.25, 0.3) is 0 Å². The Bertz CT molecular complexity index is 178. The number of hydrogen-bond acceptors (Lipinski definition) is 1. The second-order valence-electron chi connectivity index (χ2n) is 4.37. The summed E-state index contributed by atoms with van der Waals surface area (Å²) in [5.41, 5.74) is 0. The normalized spacial score (nSPS) is 13.1. The molecule has 3 nitrogen and oxygen atoms in total. The van der Waals surface area contributed by atoms with Gasteiger partial charge in [-0.25, -0.2) is 4.79 Å². The molecule has 0 spiro atoms. The first kappa shape index (κ1) is 13.3. The van der Waals surface area contributed by atoms with Crippen LogP contribution >= 0.6 is 0 Å². The Kier molecular flexibility index (Phi) is 5.58. The Morgan fingerprint density at radius 1 is 1.21 bits per heavy atom. The highest BCUT2D eigenvalue weighted by Gasteiger charge is 2.20. The molecule has 0 fully saturated rings. The summed E-state index contributed by atoms with van der Waals surface area (Å²) >= 11 is 0. The van der Waals surface area contributed by atoms with Gasteiger partial charge >= 0.3 is 6.03 Å². The molecule has 1 atom stereocenters. The van der Waals surface area contributed by atoms with Gasteiger partial charge in [-0.3, -0.25) is 0 Å². The van der Waals surface area contributed by atoms with Crippen LogP contribution in [0.15, 0.2) is 0 Å². The van der Waals surface area contributed by atoms with Gasteiger partial charge in [0, 0.05) is 18.6 Å². The van der Waals surface area contributed by atoms with Crippen molar-refractivity contribution >= 4 is 6.03 Å². The Labute approximate surface area is 87.9 Å². The van der Waals surface area contributed by atoms with E-state index in [-0.39, 0.29) is 12.1 Å². The van der Waals surface area contributed by atoms with Gasteiger partial charge in [-0.2, -0.15) is 0 Å². The molecule has 84 valence electrons. The number of carbonyl (C=O) groups excluding carboxylic acids is 1. The van der Waals surface area contributed by atoms with Gasteiger partial charge in [0.2, 0.25) is 0 Å². The molecule has 0 aromatic rings. The molecule has 1 unspecified atom stereocenters. The Morgan fingerprint density at radius 3 is 2.00 bits per heavy atom. The molecule has 3 heteroatoms. The molecule has 0 bridgehead atoms. The van der Waals surface area contributed by atoms with Crippen LogP contribution in [-0.2, 0) is 0 Å². The predicted octanol–water partition coefficient (Wildman–Crippen LogP) is 2.47. The van der Waals surface area contributed by atoms with Crippen molar-refractivity contribution in [3.8, 4) is 0 Å². The third-order valence-electron chi connectivity index (χ3n) is 2.47. The molecule has 1 N–H and O–H groups in total. The fourth-order valence-electron chi connectivity index (χ4n) is 1.31. The van der Waals surface area contributed by atoms with Gasteiger partial charge in [0.15, 0.2) is 0 Å². The molecule has 0 rings (SSSR count). The minimum Gasteiger partial charge on any atom is -0.336 e. The molecular formula is C11H24N2O. The van der Waals surface area contributed by atoms with E-state index in [0.29, 0.717) is 12.0 Å². The molecular weight excluding hydrogens is 176 g/mol. The summed E-state index contributed by atoms with van der Waals surface area (Å²) in [6.45, 7) is 13.1. The predicted molar refractivity (Wildman–Crippen MR) is 60.3 cm³/mol. The fraction of sp³-hybridized carbons (Fsp3) is 0.909. The molecule has 0 aromatic carbocycles. The Balaban J connectivity index is 4.32. The van der Waals surface area contributed by atoms with E-state index in [1.807, 2.05) is 25.7 Å². The average Bonchev–Trinajstić information content (AvgIpc) is 2.03. The highest BCUT2D eigenvalue weighted by Crippen LogP contribution is 2.09. The SMILES string of the molecule is CCN(C(=O)NC(C)C)C(C)C(C)C. The summed E-state index contributed by atoms with van der Waals surface area (Å²) in [5.74, 6) is 0.493. The molecule has 14 heavy (non-hydrogen) atoms. The monoisotopic (exact) mass is 200 g/mol. The fourth-order valence-corrected chi connectivity index (χ4v) is 1.31. The molecule has 0 aliphatic heterocycles. The minimum atomic E-state index is 0.0451. The van der Waals surface area contributed by atoms with Crippen molar-refractivity contribution in [2.45, 2.75) is 53.6 Å². The van der Waals surface area contributed by atoms with Crippen LogP contribution in [0.5, 0.6) is 0 Å². The van der Waals surface area contributed by atoms with Crippen LogP contribution in [0.1, 0.15) is 41.5 Å². The number of nitrogens with zero attached hydrogens (tertiary/aromatic N) is 1. The first-order valence-electron chi connectivity index (χ1n) is 5.47. The minimum absolute atomic E-state index is 0.0451. The van der Waals surface area contributed by atoms with Gasteiger partial charge in [0.1, 0.15) is 0 Å². The Morgan fingerprint density at radius 2 is 1.71 bits per heavy atom. The van der Waals surface area contributed by atoms with Crippen LogP contribution < -0.4 is 5.32 Å². The Hall–Kier alpha value is -0.730. The van der Waals surface area contributed by atoms with Gasteiger partial charge in [-0.1, -0.05) is 13.8 Å². The second kappa shape index (κ2) is 5.89. The number of amides is 2. The average molecular weight is 200 g/mol. The largest absolute Gasteiger partial charge is 0.336 e. The quantitative estimate of drug-likeness (QED) is 0.743. The maximum absolute atomic E-state index is 11.7. The van der Waals surface area contributed by atoms with Crippen LogP contribution in [0.4, 0.5) is 4.79 Å². The lowest BCUT2D eigenvalue weighted by molar-refractivity contribution is 0.164. The van der Waals surface area contributed by atoms with Crippen LogP contribution in [0, 0.1) is 5.92 Å². The lowest BCUT2D eigenvalue weighted by atomic mass is 10.1. The molecule has 2 amide bonds. The molecule has 0 heterocycles. The molecule has 0 saturated carbocycles. The van der Waals surface area contributed by atoms with Crippen LogP contribution in [0.25, 0.3) is 0 Å². The van der Waals surface area contributed by atoms with Crippen LogP contribution in [-0.4, -0.2) is 29.6 Å². The summed E-state index contributed by atoms with van der Waals surface area (Å²) in [4.78, 5) is 13.6. The van der Waals surface area contributed by atoms with E-state index in [2.05, 4.69) is 26.1 Å². The first-order valence-corrected chi connectivity index (χ1v) is 5.47. The summed E-state index contributed by atoms with van der Waals surface area (Å²) < 4.78 is 0. The summed E-state index contributed by atoms with van der Waals surface area (Å²) in [7, 11) is 0. The second-order valence-corrected chi connectivity index (χ2v) is 4.37. The zero-order chi connectivity index (χ0) is 11.3. The standard InChI is InChI=1S/C11H24N2O/c1-7-13(10(6)8(2)3)11(14)12-9(4)5/h8-10H,7H2,1-6H3,(H,12,14). The molecule has 0 aromatic heterocycles. The summed E-state index contributed by atoms with van der Waals surface area (Å²) in [6.07, 6.45) is 0. The van der Waals surface area contributed by atoms with Crippen molar-refractivity contribution in [3.05, 3.63) is 0 Å². The zero-order valence-corrected chi connectivity index (χ0v) is 10.3. The molecule has 0 saturated heterocycles. The van der Waals surface area contributed by atoms with E-state index in [4.69, 9.17) is 0 Å². The van der Waals surface area contributed by atoms with Crippen molar-refractivity contribution in [2.75, 3.05) is 6.54 Å². The molecule has 0 aliphatic rings. The van der Waals surface area contributed by atoms with E-state index in [9.17, 15) is 4.79 Å². The van der Waals surface area contributed by atoms with Crippen molar-refractivity contribution in [1.82, 2.24) is 10.2 Å². The smallest absolute Gasteiger partial charge is 0.317 e. The number of hydrogen-bond donors (Lipinski definition) is 1. The lowest BCUT2D eigenvalue weighted by Crippen LogP contribution is -2.48. The van der Waals surface area contributed by atoms with Gasteiger partial charge in [-0.15, -0.1) is 0 Å². The third kappa shape index (κ3) is 3.99. The summed E-state index contributed by atoms with van der Waals surface area (Å²) in [6, 6.07) is 0.540. The maximum atomic E-state index is 11.7. The zero-order valence-electron chi connectivity index (χ0n) is 10.3. The van der Waals surface area contributed by atoms with Crippen molar-refractivity contribution < 1.29 is 4.79 Å². The lowest BCUT2D eigenvalue weighted by Gasteiger charge is -2.31. The van der Waals surface area contributed by atoms with E-state index in [1.165, 1.54) is 0 Å². The van der Waals surface area contributed by atoms with E-state index < -0.39 is 0 Å². The van der Waals surface area contributed by atoms with Crippen molar-refractivity contribution in [2.24, 2.45) is 5.92 Å². The van der Waals surface area contributed by atoms with E-state index in [1.54, 1.807) is 0 Å². The van der Waals surface area contributed by atoms with Crippen LogP contribution in [0.3, 0.4) is 0 Å². The van der Waals surface area contributed by atoms with Gasteiger partial charge in [0.05, 0.1) is 0 Å². The number of carbonyl (C=O) groups is 1. The van der Waals surface area contributed by atoms with Crippen molar-refractivity contribution in [3.63, 3.8) is 0 Å². The van der Waals surface area contributed by atoms with E-state index >= 15 is 0 Å². The maximum Gasteiger partial charge on any atom is 0.317 e. The number of urea groups is 1. The third-order valence-corrected chi connectivity index (χ3v) is 2.47. The number of nitrogens with one attached hydrogen (secondary N) is 1. The van der Waals surface area contributed by atoms with Gasteiger partial charge in [-0.05, 0) is 33.6 Å². The van der Waals surface area contributed by atoms with Gasteiger partial charge < -0.3 is 10.2 Å². The molecule has 0 aliphatic carbocycles. The topological polar surface area (TPSA) is 32.3 Å². The highest BCUT2D eigenvalue weighted by molar-refractivity contribution is 5.74. The molecule has 0 radical (unpaired) electrons. The van der Waals surface area contributed by atoms with E-state index in [0.717, 1.165) is 6.54 Å².